The zero-order chi connectivity index (χ0) is 23.0. The van der Waals surface area contributed by atoms with Gasteiger partial charge in [-0.2, -0.15) is 0 Å². The van der Waals surface area contributed by atoms with Gasteiger partial charge in [0.05, 0.1) is 7.11 Å². The summed E-state index contributed by atoms with van der Waals surface area (Å²) in [4.78, 5) is 25.6. The maximum atomic E-state index is 14.5. The largest absolute Gasteiger partial charge is 0.496 e. The predicted molar refractivity (Wildman–Crippen MR) is 113 cm³/mol. The van der Waals surface area contributed by atoms with E-state index in [1.54, 1.807) is 36.4 Å². The number of carboxylic acid groups (broad SMARTS) is 1. The third-order valence-corrected chi connectivity index (χ3v) is 5.71. The monoisotopic (exact) mass is 443 g/mol. The summed E-state index contributed by atoms with van der Waals surface area (Å²) in [7, 11) is 1.27. The van der Waals surface area contributed by atoms with Gasteiger partial charge in [-0.1, -0.05) is 24.3 Å². The number of amides is 1. The molecule has 166 valence electrons. The molecule has 5 nitrogen and oxygen atoms in total. The number of alkyl halides is 2. The molecule has 3 aromatic carbocycles. The van der Waals surface area contributed by atoms with E-state index in [1.165, 1.54) is 18.1 Å². The van der Waals surface area contributed by atoms with Crippen LogP contribution in [-0.4, -0.2) is 48.0 Å². The summed E-state index contributed by atoms with van der Waals surface area (Å²) in [6.45, 7) is -0.00217. The number of benzene rings is 3. The van der Waals surface area contributed by atoms with Crippen LogP contribution in [0.2, 0.25) is 0 Å². The Kier molecular flexibility index (Phi) is 5.54. The van der Waals surface area contributed by atoms with Crippen molar-refractivity contribution in [3.8, 4) is 16.9 Å². The fourth-order valence-corrected chi connectivity index (χ4v) is 3.99. The van der Waals surface area contributed by atoms with Crippen molar-refractivity contribution in [2.45, 2.75) is 18.8 Å². The van der Waals surface area contributed by atoms with E-state index in [1.807, 2.05) is 0 Å². The maximum absolute atomic E-state index is 14.5. The molecule has 32 heavy (non-hydrogen) atoms. The van der Waals surface area contributed by atoms with E-state index < -0.39 is 23.3 Å². The second kappa shape index (κ2) is 8.18. The van der Waals surface area contributed by atoms with Crippen molar-refractivity contribution in [2.24, 2.45) is 0 Å². The van der Waals surface area contributed by atoms with Gasteiger partial charge in [0.15, 0.2) is 0 Å². The molecule has 0 aliphatic carbocycles. The average molecular weight is 443 g/mol. The molecule has 3 aromatic rings. The molecule has 0 saturated carbocycles. The van der Waals surface area contributed by atoms with Crippen LogP contribution in [0.5, 0.6) is 5.75 Å². The third kappa shape index (κ3) is 4.00. The Morgan fingerprint density at radius 3 is 2.44 bits per heavy atom. The van der Waals surface area contributed by atoms with Crippen LogP contribution in [0.4, 0.5) is 13.2 Å². The quantitative estimate of drug-likeness (QED) is 0.600. The number of carbonyl (C=O) groups is 2. The molecule has 1 saturated heterocycles. The van der Waals surface area contributed by atoms with Crippen LogP contribution in [-0.2, 0) is 0 Å². The van der Waals surface area contributed by atoms with E-state index in [-0.39, 0.29) is 37.6 Å². The fourth-order valence-electron chi connectivity index (χ4n) is 3.99. The zero-order valence-corrected chi connectivity index (χ0v) is 17.2. The second-order valence-electron chi connectivity index (χ2n) is 7.73. The molecule has 0 aromatic heterocycles. The van der Waals surface area contributed by atoms with Crippen molar-refractivity contribution in [3.63, 3.8) is 0 Å². The van der Waals surface area contributed by atoms with Gasteiger partial charge in [-0.05, 0) is 46.2 Å². The fraction of sp³-hybridized carbons (Fsp3) is 0.250. The summed E-state index contributed by atoms with van der Waals surface area (Å²) >= 11 is 0. The van der Waals surface area contributed by atoms with Gasteiger partial charge in [0.25, 0.3) is 11.8 Å². The van der Waals surface area contributed by atoms with Crippen molar-refractivity contribution < 1.29 is 32.6 Å². The molecule has 0 spiro atoms. The minimum Gasteiger partial charge on any atom is -0.496 e. The molecule has 0 bridgehead atoms. The predicted octanol–water partition coefficient (Wildman–Crippen LogP) is 5.22. The number of rotatable bonds is 4. The van der Waals surface area contributed by atoms with Crippen LogP contribution in [0.25, 0.3) is 21.9 Å². The van der Waals surface area contributed by atoms with Gasteiger partial charge in [-0.3, -0.25) is 4.79 Å². The SMILES string of the molecule is COc1cc(-c2cccc3cc(C(=O)N4CCC(F)(F)CC4)ccc23)cc(F)c1C(=O)O. The number of fused-ring (bicyclic) bond motifs is 1. The van der Waals surface area contributed by atoms with Gasteiger partial charge in [0.2, 0.25) is 0 Å². The van der Waals surface area contributed by atoms with Crippen molar-refractivity contribution >= 4 is 22.6 Å². The number of likely N-dealkylation sites (tertiary alicyclic amines) is 1. The molecule has 1 fully saturated rings. The van der Waals surface area contributed by atoms with Gasteiger partial charge in [0, 0.05) is 31.5 Å². The number of carbonyl (C=O) groups excluding carboxylic acids is 1. The van der Waals surface area contributed by atoms with Gasteiger partial charge in [-0.25, -0.2) is 18.0 Å². The molecule has 1 aliphatic rings. The van der Waals surface area contributed by atoms with Crippen LogP contribution in [0.3, 0.4) is 0 Å². The molecular weight excluding hydrogens is 423 g/mol. The van der Waals surface area contributed by atoms with Crippen LogP contribution >= 0.6 is 0 Å². The first-order valence-electron chi connectivity index (χ1n) is 10.0. The molecule has 0 radical (unpaired) electrons. The van der Waals surface area contributed by atoms with Gasteiger partial charge in [0.1, 0.15) is 17.1 Å². The molecule has 0 atom stereocenters. The Morgan fingerprint density at radius 1 is 1.06 bits per heavy atom. The minimum absolute atomic E-state index is 0.00108. The Balaban J connectivity index is 1.71. The highest BCUT2D eigenvalue weighted by atomic mass is 19.3. The lowest BCUT2D eigenvalue weighted by atomic mass is 9.95. The van der Waals surface area contributed by atoms with Crippen molar-refractivity contribution in [2.75, 3.05) is 20.2 Å². The highest BCUT2D eigenvalue weighted by Gasteiger charge is 2.35. The Bertz CT molecular complexity index is 1220. The van der Waals surface area contributed by atoms with Gasteiger partial charge < -0.3 is 14.7 Å². The highest BCUT2D eigenvalue weighted by molar-refractivity contribution is 6.03. The summed E-state index contributed by atoms with van der Waals surface area (Å²) in [5.41, 5.74) is 0.891. The van der Waals surface area contributed by atoms with Crippen molar-refractivity contribution in [1.29, 1.82) is 0 Å². The lowest BCUT2D eigenvalue weighted by Gasteiger charge is -2.31. The standard InChI is InChI=1S/C24H20F3NO4/c1-32-20-13-16(12-19(25)21(20)23(30)31)17-4-2-3-14-11-15(5-6-18(14)17)22(29)28-9-7-24(26,27)8-10-28/h2-6,11-13H,7-10H2,1H3,(H,30,31). The highest BCUT2D eigenvalue weighted by Crippen LogP contribution is 2.35. The number of piperidine rings is 1. The summed E-state index contributed by atoms with van der Waals surface area (Å²) < 4.78 is 46.4. The summed E-state index contributed by atoms with van der Waals surface area (Å²) in [5, 5.41) is 10.7. The zero-order valence-electron chi connectivity index (χ0n) is 17.2. The number of ether oxygens (including phenoxy) is 1. The number of carboxylic acids is 1. The van der Waals surface area contributed by atoms with E-state index in [2.05, 4.69) is 0 Å². The number of hydrogen-bond donors (Lipinski definition) is 1. The molecule has 1 amide bonds. The van der Waals surface area contributed by atoms with E-state index >= 15 is 0 Å². The molecule has 8 heteroatoms. The molecule has 1 aliphatic heterocycles. The summed E-state index contributed by atoms with van der Waals surface area (Å²) in [6.07, 6.45) is -0.702. The van der Waals surface area contributed by atoms with Crippen LogP contribution in [0.15, 0.2) is 48.5 Å². The first-order valence-corrected chi connectivity index (χ1v) is 10.0. The lowest BCUT2D eigenvalue weighted by Crippen LogP contribution is -2.42. The lowest BCUT2D eigenvalue weighted by molar-refractivity contribution is -0.0494. The van der Waals surface area contributed by atoms with Crippen LogP contribution in [0, 0.1) is 5.82 Å². The number of hydrogen-bond acceptors (Lipinski definition) is 3. The molecule has 4 rings (SSSR count). The maximum Gasteiger partial charge on any atom is 0.342 e. The van der Waals surface area contributed by atoms with Crippen LogP contribution in [0.1, 0.15) is 33.6 Å². The Morgan fingerprint density at radius 2 is 1.78 bits per heavy atom. The van der Waals surface area contributed by atoms with Crippen LogP contribution < -0.4 is 4.74 Å². The number of aromatic carboxylic acids is 1. The molecular formula is C24H20F3NO4. The smallest absolute Gasteiger partial charge is 0.342 e. The normalized spacial score (nSPS) is 15.6. The summed E-state index contributed by atoms with van der Waals surface area (Å²) in [5.74, 6) is -5.49. The van der Waals surface area contributed by atoms with Gasteiger partial charge >= 0.3 is 5.97 Å². The van der Waals surface area contributed by atoms with E-state index in [0.29, 0.717) is 22.1 Å². The van der Waals surface area contributed by atoms with E-state index in [9.17, 15) is 27.9 Å². The molecule has 1 heterocycles. The first kappa shape index (κ1) is 21.7. The second-order valence-corrected chi connectivity index (χ2v) is 7.73. The average Bonchev–Trinajstić information content (AvgIpc) is 2.76. The first-order chi connectivity index (χ1) is 15.2. The number of halogens is 3. The van der Waals surface area contributed by atoms with E-state index in [4.69, 9.17) is 4.74 Å². The minimum atomic E-state index is -2.73. The Hall–Kier alpha value is -3.55. The summed E-state index contributed by atoms with van der Waals surface area (Å²) in [6, 6.07) is 12.9. The molecule has 1 N–H and O–H groups in total. The molecule has 0 unspecified atom stereocenters. The number of nitrogens with zero attached hydrogens (tertiary/aromatic N) is 1. The Labute approximate surface area is 182 Å². The number of methoxy groups -OCH3 is 1. The van der Waals surface area contributed by atoms with Crippen molar-refractivity contribution in [3.05, 3.63) is 65.5 Å². The van der Waals surface area contributed by atoms with Gasteiger partial charge in [-0.15, -0.1) is 0 Å². The third-order valence-electron chi connectivity index (χ3n) is 5.71. The van der Waals surface area contributed by atoms with Crippen molar-refractivity contribution in [1.82, 2.24) is 4.90 Å². The topological polar surface area (TPSA) is 66.8 Å². The van der Waals surface area contributed by atoms with E-state index in [0.717, 1.165) is 11.5 Å².